The third kappa shape index (κ3) is 2.01. The first-order valence-corrected chi connectivity index (χ1v) is 9.09. The molecule has 1 spiro atoms. The van der Waals surface area contributed by atoms with E-state index in [1.165, 1.54) is 6.92 Å². The van der Waals surface area contributed by atoms with Gasteiger partial charge in [-0.3, -0.25) is 4.79 Å². The first-order chi connectivity index (χ1) is 11.2. The SMILES string of the molecule is B[C@@]12CC[C@]3(C)OO[C@@]14C(CC[C@H]2C)[C@@H](C)C(OC(C)=O)O[C@@H]4O3. The zero-order chi connectivity index (χ0) is 17.3. The number of carbonyl (C=O) groups is 1. The summed E-state index contributed by atoms with van der Waals surface area (Å²) < 4.78 is 17.8. The number of fused-ring (bicyclic) bond motifs is 2. The Morgan fingerprint density at radius 3 is 2.67 bits per heavy atom. The molecule has 0 aromatic rings. The monoisotopic (exact) mass is 338 g/mol. The highest BCUT2D eigenvalue weighted by Gasteiger charge is 2.73. The molecule has 24 heavy (non-hydrogen) atoms. The fraction of sp³-hybridized carbons (Fsp3) is 0.941. The van der Waals surface area contributed by atoms with Crippen LogP contribution in [0.2, 0.25) is 5.31 Å². The van der Waals surface area contributed by atoms with E-state index in [1.54, 1.807) is 0 Å². The van der Waals surface area contributed by atoms with Gasteiger partial charge in [0.25, 0.3) is 0 Å². The molecule has 0 radical (unpaired) electrons. The van der Waals surface area contributed by atoms with Crippen LogP contribution < -0.4 is 0 Å². The van der Waals surface area contributed by atoms with Crippen LogP contribution in [0.3, 0.4) is 0 Å². The average molecular weight is 338 g/mol. The van der Waals surface area contributed by atoms with Crippen LogP contribution in [0.1, 0.15) is 53.4 Å². The lowest BCUT2D eigenvalue weighted by Gasteiger charge is -2.64. The zero-order valence-electron chi connectivity index (χ0n) is 15.2. The molecule has 6 nitrogen and oxygen atoms in total. The molecule has 4 saturated heterocycles. The largest absolute Gasteiger partial charge is 0.436 e. The van der Waals surface area contributed by atoms with Gasteiger partial charge in [0, 0.05) is 25.2 Å². The van der Waals surface area contributed by atoms with Gasteiger partial charge >= 0.3 is 5.97 Å². The van der Waals surface area contributed by atoms with Crippen LogP contribution in [0.5, 0.6) is 0 Å². The first kappa shape index (κ1) is 16.8. The first-order valence-electron chi connectivity index (χ1n) is 9.09. The maximum Gasteiger partial charge on any atom is 0.304 e. The highest BCUT2D eigenvalue weighted by Crippen LogP contribution is 2.68. The fourth-order valence-electron chi connectivity index (χ4n) is 5.45. The molecular formula is C17H27BO6. The topological polar surface area (TPSA) is 63.2 Å². The molecule has 5 fully saturated rings. The Balaban J connectivity index is 1.80. The predicted octanol–water partition coefficient (Wildman–Crippen LogP) is 1.93. The summed E-state index contributed by atoms with van der Waals surface area (Å²) >= 11 is 0. The molecule has 4 heterocycles. The Morgan fingerprint density at radius 2 is 1.96 bits per heavy atom. The van der Waals surface area contributed by atoms with E-state index >= 15 is 0 Å². The van der Waals surface area contributed by atoms with Crippen LogP contribution in [0.15, 0.2) is 0 Å². The molecule has 8 atom stereocenters. The summed E-state index contributed by atoms with van der Waals surface area (Å²) in [7, 11) is 2.28. The van der Waals surface area contributed by atoms with Crippen molar-refractivity contribution < 1.29 is 28.8 Å². The van der Waals surface area contributed by atoms with Crippen LogP contribution in [0.25, 0.3) is 0 Å². The van der Waals surface area contributed by atoms with Crippen molar-refractivity contribution in [3.8, 4) is 0 Å². The summed E-state index contributed by atoms with van der Waals surface area (Å²) in [5.74, 6) is -0.500. The van der Waals surface area contributed by atoms with Gasteiger partial charge in [-0.05, 0) is 31.0 Å². The van der Waals surface area contributed by atoms with E-state index in [4.69, 9.17) is 24.0 Å². The van der Waals surface area contributed by atoms with Crippen molar-refractivity contribution in [1.82, 2.24) is 0 Å². The maximum absolute atomic E-state index is 11.5. The number of esters is 1. The van der Waals surface area contributed by atoms with Crippen LogP contribution in [-0.2, 0) is 28.8 Å². The zero-order valence-corrected chi connectivity index (χ0v) is 15.2. The number of hydrogen-bond acceptors (Lipinski definition) is 6. The van der Waals surface area contributed by atoms with Gasteiger partial charge in [0.05, 0.1) is 0 Å². The Labute approximate surface area is 143 Å². The molecule has 7 heteroatoms. The highest BCUT2D eigenvalue weighted by atomic mass is 17.3. The van der Waals surface area contributed by atoms with Crippen LogP contribution in [0.4, 0.5) is 0 Å². The molecule has 0 amide bonds. The quantitative estimate of drug-likeness (QED) is 0.414. The van der Waals surface area contributed by atoms with E-state index in [9.17, 15) is 4.79 Å². The van der Waals surface area contributed by atoms with E-state index in [1.807, 2.05) is 6.92 Å². The number of carbonyl (C=O) groups excluding carboxylic acids is 1. The van der Waals surface area contributed by atoms with Crippen LogP contribution >= 0.6 is 0 Å². The Morgan fingerprint density at radius 1 is 1.21 bits per heavy atom. The minimum absolute atomic E-state index is 0.0200. The second kappa shape index (κ2) is 5.19. The van der Waals surface area contributed by atoms with Gasteiger partial charge in [-0.25, -0.2) is 9.78 Å². The summed E-state index contributed by atoms with van der Waals surface area (Å²) in [5.41, 5.74) is -0.656. The Kier molecular flexibility index (Phi) is 3.64. The average Bonchev–Trinajstić information content (AvgIpc) is 2.69. The van der Waals surface area contributed by atoms with Crippen molar-refractivity contribution in [3.63, 3.8) is 0 Å². The Hall–Kier alpha value is -0.625. The lowest BCUT2D eigenvalue weighted by molar-refractivity contribution is -0.574. The highest BCUT2D eigenvalue weighted by molar-refractivity contribution is 6.16. The van der Waals surface area contributed by atoms with E-state index in [2.05, 4.69) is 21.7 Å². The van der Waals surface area contributed by atoms with Crippen LogP contribution in [-0.4, -0.2) is 37.8 Å². The maximum atomic E-state index is 11.5. The molecule has 4 aliphatic heterocycles. The van der Waals surface area contributed by atoms with Gasteiger partial charge in [-0.15, -0.1) is 0 Å². The molecule has 0 N–H and O–H groups in total. The second-order valence-corrected chi connectivity index (χ2v) is 8.52. The summed E-state index contributed by atoms with van der Waals surface area (Å²) in [5, 5.41) is -0.107. The van der Waals surface area contributed by atoms with Crippen LogP contribution in [0, 0.1) is 17.8 Å². The minimum Gasteiger partial charge on any atom is -0.436 e. The van der Waals surface area contributed by atoms with E-state index < -0.39 is 24.0 Å². The van der Waals surface area contributed by atoms with Crippen molar-refractivity contribution in [2.45, 2.75) is 82.7 Å². The smallest absolute Gasteiger partial charge is 0.304 e. The summed E-state index contributed by atoms with van der Waals surface area (Å²) in [6.07, 6.45) is 2.64. The molecule has 2 unspecified atom stereocenters. The lowest BCUT2D eigenvalue weighted by atomic mass is 9.42. The van der Waals surface area contributed by atoms with Gasteiger partial charge in [-0.1, -0.05) is 20.3 Å². The fourth-order valence-corrected chi connectivity index (χ4v) is 5.45. The molecule has 0 aromatic carbocycles. The molecule has 5 aliphatic rings. The van der Waals surface area contributed by atoms with E-state index in [-0.39, 0.29) is 23.1 Å². The lowest BCUT2D eigenvalue weighted by Crippen LogP contribution is -2.72. The third-order valence-corrected chi connectivity index (χ3v) is 7.21. The summed E-state index contributed by atoms with van der Waals surface area (Å²) in [4.78, 5) is 23.4. The van der Waals surface area contributed by atoms with E-state index in [0.29, 0.717) is 5.92 Å². The van der Waals surface area contributed by atoms with Crippen molar-refractivity contribution in [3.05, 3.63) is 0 Å². The van der Waals surface area contributed by atoms with Crippen molar-refractivity contribution in [1.29, 1.82) is 0 Å². The molecule has 2 bridgehead atoms. The molecule has 134 valence electrons. The summed E-state index contributed by atoms with van der Waals surface area (Å²) in [6.45, 7) is 7.66. The summed E-state index contributed by atoms with van der Waals surface area (Å²) in [6, 6.07) is 0. The van der Waals surface area contributed by atoms with E-state index in [0.717, 1.165) is 25.7 Å². The van der Waals surface area contributed by atoms with Gasteiger partial charge in [0.2, 0.25) is 12.1 Å². The molecule has 5 rings (SSSR count). The van der Waals surface area contributed by atoms with Gasteiger partial charge in [-0.2, -0.15) is 0 Å². The predicted molar refractivity (Wildman–Crippen MR) is 86.3 cm³/mol. The van der Waals surface area contributed by atoms with Crippen molar-refractivity contribution in [2.24, 2.45) is 17.8 Å². The Bertz CT molecular complexity index is 557. The third-order valence-electron chi connectivity index (χ3n) is 7.21. The van der Waals surface area contributed by atoms with Gasteiger partial charge in [0.1, 0.15) is 7.85 Å². The van der Waals surface area contributed by atoms with Gasteiger partial charge in [0.15, 0.2) is 11.9 Å². The molecule has 0 aromatic heterocycles. The minimum atomic E-state index is -0.818. The second-order valence-electron chi connectivity index (χ2n) is 8.52. The standard InChI is InChI=1S/C17H27BO6/c1-9-5-6-12-10(2)13(20-11(3)19)21-14-17(12)16(9,18)8-7-15(4,22-14)23-24-17/h9-10,12-14H,5-8,18H2,1-4H3/t9-,10-,12?,13?,14-,15+,16-,17-/m1/s1. The number of hydrogen-bond donors (Lipinski definition) is 0. The van der Waals surface area contributed by atoms with Crippen molar-refractivity contribution >= 4 is 13.8 Å². The van der Waals surface area contributed by atoms with Gasteiger partial charge < -0.3 is 14.2 Å². The molecular weight excluding hydrogens is 311 g/mol. The number of ether oxygens (including phenoxy) is 3. The molecule has 1 aliphatic carbocycles. The molecule has 1 saturated carbocycles. The number of rotatable bonds is 1. The normalized spacial score (nSPS) is 56.2. The van der Waals surface area contributed by atoms with Crippen molar-refractivity contribution in [2.75, 3.05) is 0 Å².